The highest BCUT2D eigenvalue weighted by Gasteiger charge is 2.38. The van der Waals surface area contributed by atoms with Gasteiger partial charge in [-0.25, -0.2) is 0 Å². The van der Waals surface area contributed by atoms with Crippen molar-refractivity contribution in [1.29, 1.82) is 0 Å². The average Bonchev–Trinajstić information content (AvgIpc) is 2.48. The van der Waals surface area contributed by atoms with Crippen LogP contribution in [0.2, 0.25) is 0 Å². The van der Waals surface area contributed by atoms with Gasteiger partial charge >= 0.3 is 18.5 Å². The maximum absolute atomic E-state index is 12.8. The second-order valence-electron chi connectivity index (χ2n) is 5.15. The van der Waals surface area contributed by atoms with Gasteiger partial charge in [0.1, 0.15) is 0 Å². The molecule has 0 saturated carbocycles. The molecule has 5 nitrogen and oxygen atoms in total. The van der Waals surface area contributed by atoms with Gasteiger partial charge in [0.2, 0.25) is 11.6 Å². The standard InChI is InChI=1S/C13H7F9N4O/c1-26-9(27)8(13(20,21)22)24-25-10(26)23-7-3-5(11(14,15)16)2-6(4-7)12(17,18)19/h2-4H,1H3,(H,23,25). The summed E-state index contributed by atoms with van der Waals surface area (Å²) in [6.07, 6.45) is -15.4. The van der Waals surface area contributed by atoms with Gasteiger partial charge < -0.3 is 5.32 Å². The second-order valence-corrected chi connectivity index (χ2v) is 5.15. The molecule has 2 aromatic rings. The minimum absolute atomic E-state index is 0.136. The summed E-state index contributed by atoms with van der Waals surface area (Å²) in [6.45, 7) is 0. The van der Waals surface area contributed by atoms with E-state index < -0.39 is 52.5 Å². The van der Waals surface area contributed by atoms with Crippen LogP contribution >= 0.6 is 0 Å². The summed E-state index contributed by atoms with van der Waals surface area (Å²) < 4.78 is 115. The third-order valence-corrected chi connectivity index (χ3v) is 3.18. The number of hydrogen-bond donors (Lipinski definition) is 1. The summed E-state index contributed by atoms with van der Waals surface area (Å²) in [5.41, 5.74) is -7.71. The van der Waals surface area contributed by atoms with Gasteiger partial charge in [0.25, 0.3) is 5.56 Å². The van der Waals surface area contributed by atoms with Crippen LogP contribution in [0, 0.1) is 0 Å². The largest absolute Gasteiger partial charge is 0.440 e. The Morgan fingerprint density at radius 1 is 0.815 bits per heavy atom. The Labute approximate surface area is 143 Å². The molecule has 0 saturated heterocycles. The Bertz CT molecular complexity index is 880. The highest BCUT2D eigenvalue weighted by Crippen LogP contribution is 2.38. The lowest BCUT2D eigenvalue weighted by atomic mass is 10.1. The van der Waals surface area contributed by atoms with Crippen molar-refractivity contribution in [3.8, 4) is 0 Å². The van der Waals surface area contributed by atoms with Crippen LogP contribution in [0.3, 0.4) is 0 Å². The molecule has 0 radical (unpaired) electrons. The minimum atomic E-state index is -5.14. The van der Waals surface area contributed by atoms with E-state index in [9.17, 15) is 44.3 Å². The molecule has 0 aliphatic carbocycles. The number of aromatic nitrogens is 3. The van der Waals surface area contributed by atoms with Crippen LogP contribution in [-0.2, 0) is 25.6 Å². The third kappa shape index (κ3) is 4.49. The van der Waals surface area contributed by atoms with Crippen molar-refractivity contribution in [2.75, 3.05) is 5.32 Å². The maximum atomic E-state index is 12.8. The molecule has 0 amide bonds. The number of anilines is 2. The molecule has 1 N–H and O–H groups in total. The molecule has 0 aliphatic rings. The predicted octanol–water partition coefficient (Wildman–Crippen LogP) is 3.98. The van der Waals surface area contributed by atoms with Crippen molar-refractivity contribution in [3.05, 3.63) is 45.4 Å². The molecule has 0 fully saturated rings. The first-order chi connectivity index (χ1) is 12.1. The van der Waals surface area contributed by atoms with Crippen molar-refractivity contribution in [1.82, 2.24) is 14.8 Å². The molecular formula is C13H7F9N4O. The predicted molar refractivity (Wildman–Crippen MR) is 72.0 cm³/mol. The van der Waals surface area contributed by atoms with E-state index in [0.29, 0.717) is 0 Å². The monoisotopic (exact) mass is 406 g/mol. The Morgan fingerprint density at radius 3 is 1.70 bits per heavy atom. The molecule has 1 aromatic carbocycles. The quantitative estimate of drug-likeness (QED) is 0.767. The lowest BCUT2D eigenvalue weighted by Crippen LogP contribution is -2.31. The molecule has 14 heteroatoms. The highest BCUT2D eigenvalue weighted by atomic mass is 19.4. The van der Waals surface area contributed by atoms with E-state index >= 15 is 0 Å². The normalized spacial score (nSPS) is 13.0. The summed E-state index contributed by atoms with van der Waals surface area (Å²) in [6, 6.07) is 0.417. The maximum Gasteiger partial charge on any atom is 0.440 e. The number of nitrogens with one attached hydrogen (secondary N) is 1. The third-order valence-electron chi connectivity index (χ3n) is 3.18. The number of alkyl halides is 9. The summed E-state index contributed by atoms with van der Waals surface area (Å²) in [5.74, 6) is -0.791. The molecule has 148 valence electrons. The smallest absolute Gasteiger partial charge is 0.324 e. The number of nitrogens with zero attached hydrogens (tertiary/aromatic N) is 3. The molecular weight excluding hydrogens is 399 g/mol. The molecule has 0 spiro atoms. The Kier molecular flexibility index (Phi) is 4.88. The number of hydrogen-bond acceptors (Lipinski definition) is 4. The lowest BCUT2D eigenvalue weighted by Gasteiger charge is -2.16. The fourth-order valence-electron chi connectivity index (χ4n) is 1.91. The topological polar surface area (TPSA) is 59.8 Å². The van der Waals surface area contributed by atoms with Gasteiger partial charge in [-0.05, 0) is 18.2 Å². The molecule has 1 aromatic heterocycles. The summed E-state index contributed by atoms with van der Waals surface area (Å²) in [7, 11) is 0.785. The fourth-order valence-corrected chi connectivity index (χ4v) is 1.91. The summed E-state index contributed by atoms with van der Waals surface area (Å²) >= 11 is 0. The van der Waals surface area contributed by atoms with Gasteiger partial charge in [-0.15, -0.1) is 10.2 Å². The summed E-state index contributed by atoms with van der Waals surface area (Å²) in [5, 5.41) is 7.58. The molecule has 0 unspecified atom stereocenters. The van der Waals surface area contributed by atoms with Gasteiger partial charge in [-0.3, -0.25) is 9.36 Å². The first kappa shape index (κ1) is 20.5. The minimum Gasteiger partial charge on any atom is -0.324 e. The molecule has 2 rings (SSSR count). The van der Waals surface area contributed by atoms with E-state index in [1.54, 1.807) is 0 Å². The van der Waals surface area contributed by atoms with Crippen LogP contribution in [0.15, 0.2) is 23.0 Å². The summed E-state index contributed by atoms with van der Waals surface area (Å²) in [4.78, 5) is 11.6. The Balaban J connectivity index is 2.55. The number of benzene rings is 1. The molecule has 0 atom stereocenters. The van der Waals surface area contributed by atoms with Crippen molar-refractivity contribution < 1.29 is 39.5 Å². The van der Waals surface area contributed by atoms with Crippen LogP contribution in [0.1, 0.15) is 16.8 Å². The van der Waals surface area contributed by atoms with E-state index in [-0.39, 0.29) is 22.8 Å². The van der Waals surface area contributed by atoms with Gasteiger partial charge in [0, 0.05) is 12.7 Å². The zero-order valence-electron chi connectivity index (χ0n) is 12.9. The Hall–Kier alpha value is -2.80. The lowest BCUT2D eigenvalue weighted by molar-refractivity contribution is -0.144. The molecule has 0 bridgehead atoms. The van der Waals surface area contributed by atoms with E-state index in [2.05, 4.69) is 10.2 Å². The van der Waals surface area contributed by atoms with E-state index in [1.807, 2.05) is 5.32 Å². The van der Waals surface area contributed by atoms with Crippen LogP contribution in [0.5, 0.6) is 0 Å². The number of rotatable bonds is 2. The first-order valence-electron chi connectivity index (χ1n) is 6.68. The van der Waals surface area contributed by atoms with Gasteiger partial charge in [-0.2, -0.15) is 39.5 Å². The first-order valence-corrected chi connectivity index (χ1v) is 6.68. The molecule has 1 heterocycles. The van der Waals surface area contributed by atoms with E-state index in [0.717, 1.165) is 7.05 Å². The van der Waals surface area contributed by atoms with Crippen LogP contribution in [0.25, 0.3) is 0 Å². The van der Waals surface area contributed by atoms with Crippen molar-refractivity contribution in [3.63, 3.8) is 0 Å². The Morgan fingerprint density at radius 2 is 1.30 bits per heavy atom. The molecule has 0 aliphatic heterocycles. The number of halogens is 9. The van der Waals surface area contributed by atoms with E-state index in [1.165, 1.54) is 0 Å². The fraction of sp³-hybridized carbons (Fsp3) is 0.308. The van der Waals surface area contributed by atoms with Gasteiger partial charge in [-0.1, -0.05) is 0 Å². The average molecular weight is 406 g/mol. The van der Waals surface area contributed by atoms with Crippen LogP contribution in [0.4, 0.5) is 51.1 Å². The van der Waals surface area contributed by atoms with Crippen molar-refractivity contribution >= 4 is 11.6 Å². The van der Waals surface area contributed by atoms with Crippen molar-refractivity contribution in [2.24, 2.45) is 7.05 Å². The van der Waals surface area contributed by atoms with Gasteiger partial charge in [0.05, 0.1) is 11.1 Å². The van der Waals surface area contributed by atoms with Crippen LogP contribution in [-0.4, -0.2) is 14.8 Å². The second kappa shape index (κ2) is 6.42. The van der Waals surface area contributed by atoms with Gasteiger partial charge in [0.15, 0.2) is 0 Å². The van der Waals surface area contributed by atoms with Crippen molar-refractivity contribution in [2.45, 2.75) is 18.5 Å². The zero-order valence-corrected chi connectivity index (χ0v) is 12.9. The molecule has 27 heavy (non-hydrogen) atoms. The highest BCUT2D eigenvalue weighted by molar-refractivity contribution is 5.57. The van der Waals surface area contributed by atoms with E-state index in [4.69, 9.17) is 0 Å². The zero-order chi connectivity index (χ0) is 20.8. The SMILES string of the molecule is Cn1c(Nc2cc(C(F)(F)F)cc(C(F)(F)F)c2)nnc(C(F)(F)F)c1=O. The van der Waals surface area contributed by atoms with Crippen LogP contribution < -0.4 is 10.9 Å².